The van der Waals surface area contributed by atoms with Crippen LogP contribution in [0.5, 0.6) is 0 Å². The number of rotatable bonds is 2. The molecule has 0 saturated heterocycles. The maximum atomic E-state index is 9.04. The molecule has 0 saturated carbocycles. The average Bonchev–Trinajstić information content (AvgIpc) is 2.98. The van der Waals surface area contributed by atoms with Gasteiger partial charge in [-0.1, -0.05) is 0 Å². The number of aromatic nitrogens is 5. The second-order valence-electron chi connectivity index (χ2n) is 3.78. The fourth-order valence-corrected chi connectivity index (χ4v) is 1.70. The van der Waals surface area contributed by atoms with Gasteiger partial charge in [0.05, 0.1) is 5.56 Å². The molecule has 0 aliphatic heterocycles. The van der Waals surface area contributed by atoms with Crippen molar-refractivity contribution in [3.63, 3.8) is 0 Å². The number of aromatic amines is 1. The zero-order chi connectivity index (χ0) is 13.1. The fraction of sp³-hybridized carbons (Fsp3) is 0. The molecule has 0 aliphatic rings. The number of nitrogens with zero attached hydrogens (tertiary/aromatic N) is 5. The van der Waals surface area contributed by atoms with Crippen LogP contribution in [-0.2, 0) is 0 Å². The smallest absolute Gasteiger partial charge is 0.181 e. The van der Waals surface area contributed by atoms with Gasteiger partial charge in [0.15, 0.2) is 11.6 Å². The summed E-state index contributed by atoms with van der Waals surface area (Å²) in [6, 6.07) is 7.46. The summed E-state index contributed by atoms with van der Waals surface area (Å²) in [5.41, 5.74) is 2.01. The molecule has 1 N–H and O–H groups in total. The number of H-pyrrole nitrogens is 1. The van der Waals surface area contributed by atoms with Crippen LogP contribution < -0.4 is 0 Å². The molecule has 3 rings (SSSR count). The van der Waals surface area contributed by atoms with Crippen molar-refractivity contribution in [2.24, 2.45) is 0 Å². The Balaban J connectivity index is 2.05. The molecule has 3 aromatic rings. The second-order valence-corrected chi connectivity index (χ2v) is 3.78. The van der Waals surface area contributed by atoms with Crippen molar-refractivity contribution in [1.82, 2.24) is 25.1 Å². The highest BCUT2D eigenvalue weighted by Crippen LogP contribution is 2.21. The molecule has 0 unspecified atom stereocenters. The molecule has 0 fully saturated rings. The minimum Gasteiger partial charge on any atom is -0.265 e. The third-order valence-corrected chi connectivity index (χ3v) is 2.62. The van der Waals surface area contributed by atoms with Crippen LogP contribution in [0.1, 0.15) is 5.56 Å². The summed E-state index contributed by atoms with van der Waals surface area (Å²) in [6.07, 6.45) is 6.48. The molecular formula is C13H8N6. The van der Waals surface area contributed by atoms with Crippen LogP contribution in [0.25, 0.3) is 22.8 Å². The van der Waals surface area contributed by atoms with Crippen LogP contribution >= 0.6 is 0 Å². The van der Waals surface area contributed by atoms with E-state index < -0.39 is 0 Å². The van der Waals surface area contributed by atoms with Crippen molar-refractivity contribution >= 4 is 0 Å². The number of hydrogen-bond donors (Lipinski definition) is 1. The maximum absolute atomic E-state index is 9.04. The van der Waals surface area contributed by atoms with E-state index >= 15 is 0 Å². The van der Waals surface area contributed by atoms with Gasteiger partial charge in [-0.25, -0.2) is 4.98 Å². The molecule has 0 radical (unpaired) electrons. The number of nitriles is 1. The highest BCUT2D eigenvalue weighted by Gasteiger charge is 2.10. The lowest BCUT2D eigenvalue weighted by Crippen LogP contribution is -1.87. The first-order valence-corrected chi connectivity index (χ1v) is 5.56. The zero-order valence-corrected chi connectivity index (χ0v) is 9.78. The lowest BCUT2D eigenvalue weighted by atomic mass is 10.1. The molecule has 0 aromatic carbocycles. The van der Waals surface area contributed by atoms with Gasteiger partial charge in [0.25, 0.3) is 0 Å². The van der Waals surface area contributed by atoms with Gasteiger partial charge in [0.1, 0.15) is 6.07 Å². The lowest BCUT2D eigenvalue weighted by Gasteiger charge is -1.97. The summed E-state index contributed by atoms with van der Waals surface area (Å²) in [6.45, 7) is 0. The van der Waals surface area contributed by atoms with Gasteiger partial charge in [-0.3, -0.25) is 15.1 Å². The van der Waals surface area contributed by atoms with Crippen molar-refractivity contribution in [1.29, 1.82) is 5.26 Å². The molecule has 0 spiro atoms. The van der Waals surface area contributed by atoms with Crippen molar-refractivity contribution < 1.29 is 0 Å². The van der Waals surface area contributed by atoms with E-state index in [-0.39, 0.29) is 0 Å². The van der Waals surface area contributed by atoms with E-state index in [4.69, 9.17) is 5.26 Å². The number of hydrogen-bond acceptors (Lipinski definition) is 5. The molecule has 0 atom stereocenters. The monoisotopic (exact) mass is 248 g/mol. The van der Waals surface area contributed by atoms with E-state index in [1.807, 2.05) is 12.1 Å². The van der Waals surface area contributed by atoms with Gasteiger partial charge in [0, 0.05) is 35.9 Å². The summed E-state index contributed by atoms with van der Waals surface area (Å²) >= 11 is 0. The fourth-order valence-electron chi connectivity index (χ4n) is 1.70. The third kappa shape index (κ3) is 2.05. The average molecular weight is 248 g/mol. The van der Waals surface area contributed by atoms with Gasteiger partial charge in [-0.05, 0) is 18.2 Å². The zero-order valence-electron chi connectivity index (χ0n) is 9.78. The van der Waals surface area contributed by atoms with Crippen LogP contribution in [0, 0.1) is 11.3 Å². The van der Waals surface area contributed by atoms with Crippen LogP contribution in [0.4, 0.5) is 0 Å². The molecule has 6 heteroatoms. The minimum absolute atomic E-state index is 0.458. The van der Waals surface area contributed by atoms with E-state index in [9.17, 15) is 0 Å². The number of pyridine rings is 2. The molecule has 90 valence electrons. The topological polar surface area (TPSA) is 91.1 Å². The highest BCUT2D eigenvalue weighted by molar-refractivity contribution is 5.65. The van der Waals surface area contributed by atoms with Crippen LogP contribution in [0.3, 0.4) is 0 Å². The van der Waals surface area contributed by atoms with Gasteiger partial charge >= 0.3 is 0 Å². The largest absolute Gasteiger partial charge is 0.265 e. The Labute approximate surface area is 108 Å². The van der Waals surface area contributed by atoms with Crippen LogP contribution in [0.2, 0.25) is 0 Å². The van der Waals surface area contributed by atoms with Gasteiger partial charge in [0.2, 0.25) is 0 Å². The Morgan fingerprint density at radius 3 is 2.63 bits per heavy atom. The molecule has 3 heterocycles. The maximum Gasteiger partial charge on any atom is 0.181 e. The summed E-state index contributed by atoms with van der Waals surface area (Å²) in [5.74, 6) is 1.11. The highest BCUT2D eigenvalue weighted by atomic mass is 15.2. The second kappa shape index (κ2) is 4.66. The standard InChI is InChI=1S/C13H8N6/c14-7-10-8-16-6-3-11(10)13-17-12(18-19-13)9-1-4-15-5-2-9/h1-6,8H,(H,17,18,19). The predicted molar refractivity (Wildman–Crippen MR) is 67.6 cm³/mol. The Bertz CT molecular complexity index is 741. The van der Waals surface area contributed by atoms with E-state index in [2.05, 4.69) is 31.2 Å². The SMILES string of the molecule is N#Cc1cnccc1-c1nc(-c2ccncc2)n[nH]1. The Kier molecular flexibility index (Phi) is 2.71. The van der Waals surface area contributed by atoms with E-state index in [1.54, 1.807) is 24.7 Å². The quantitative estimate of drug-likeness (QED) is 0.746. The van der Waals surface area contributed by atoms with Crippen molar-refractivity contribution in [3.8, 4) is 28.8 Å². The first-order chi connectivity index (χ1) is 9.38. The minimum atomic E-state index is 0.458. The van der Waals surface area contributed by atoms with Gasteiger partial charge in [-0.15, -0.1) is 0 Å². The summed E-state index contributed by atoms with van der Waals surface area (Å²) in [7, 11) is 0. The van der Waals surface area contributed by atoms with Gasteiger partial charge < -0.3 is 0 Å². The number of nitrogens with one attached hydrogen (secondary N) is 1. The van der Waals surface area contributed by atoms with E-state index in [1.165, 1.54) is 6.20 Å². The summed E-state index contributed by atoms with van der Waals surface area (Å²) in [5, 5.41) is 16.0. The molecule has 0 amide bonds. The Morgan fingerprint density at radius 2 is 1.84 bits per heavy atom. The van der Waals surface area contributed by atoms with E-state index in [0.717, 1.165) is 5.56 Å². The molecule has 19 heavy (non-hydrogen) atoms. The summed E-state index contributed by atoms with van der Waals surface area (Å²) in [4.78, 5) is 12.2. The van der Waals surface area contributed by atoms with Crippen molar-refractivity contribution in [3.05, 3.63) is 48.5 Å². The van der Waals surface area contributed by atoms with Crippen LogP contribution in [-0.4, -0.2) is 25.1 Å². The molecule has 6 nitrogen and oxygen atoms in total. The first kappa shape index (κ1) is 11.0. The lowest BCUT2D eigenvalue weighted by molar-refractivity contribution is 1.10. The molecule has 0 bridgehead atoms. The Hall–Kier alpha value is -3.07. The Morgan fingerprint density at radius 1 is 1.05 bits per heavy atom. The summed E-state index contributed by atoms with van der Waals surface area (Å²) < 4.78 is 0. The van der Waals surface area contributed by atoms with Crippen molar-refractivity contribution in [2.45, 2.75) is 0 Å². The third-order valence-electron chi connectivity index (χ3n) is 2.62. The van der Waals surface area contributed by atoms with E-state index in [0.29, 0.717) is 22.8 Å². The first-order valence-electron chi connectivity index (χ1n) is 5.56. The predicted octanol–water partition coefficient (Wildman–Crippen LogP) is 1.80. The van der Waals surface area contributed by atoms with Crippen molar-refractivity contribution in [2.75, 3.05) is 0 Å². The normalized spacial score (nSPS) is 10.1. The van der Waals surface area contributed by atoms with Crippen LogP contribution in [0.15, 0.2) is 43.0 Å². The molecule has 3 aromatic heterocycles. The van der Waals surface area contributed by atoms with Gasteiger partial charge in [-0.2, -0.15) is 10.4 Å². The molecule has 0 aliphatic carbocycles. The molecular weight excluding hydrogens is 240 g/mol.